The molecule has 182 valence electrons. The van der Waals surface area contributed by atoms with E-state index in [1.807, 2.05) is 36.5 Å². The number of rotatable bonds is 7. The molecule has 3 heterocycles. The molecule has 10 heteroatoms. The summed E-state index contributed by atoms with van der Waals surface area (Å²) in [6, 6.07) is 17.9. The Morgan fingerprint density at radius 1 is 1.11 bits per heavy atom. The van der Waals surface area contributed by atoms with Crippen molar-refractivity contribution >= 4 is 38.6 Å². The summed E-state index contributed by atoms with van der Waals surface area (Å²) in [4.78, 5) is 17.4. The average molecular weight is 551 g/mol. The summed E-state index contributed by atoms with van der Waals surface area (Å²) < 4.78 is 32.0. The molecule has 0 unspecified atom stereocenters. The van der Waals surface area contributed by atoms with Gasteiger partial charge in [0, 0.05) is 23.0 Å². The molecule has 1 N–H and O–H groups in total. The van der Waals surface area contributed by atoms with E-state index in [0.29, 0.717) is 29.2 Å². The number of hydrogen-bond acceptors (Lipinski definition) is 4. The van der Waals surface area contributed by atoms with E-state index in [4.69, 9.17) is 0 Å². The third kappa shape index (κ3) is 5.03. The van der Waals surface area contributed by atoms with E-state index in [0.717, 1.165) is 10.0 Å². The molecule has 0 saturated carbocycles. The molecule has 2 aromatic carbocycles. The van der Waals surface area contributed by atoms with Crippen LogP contribution in [0, 0.1) is 6.92 Å². The molecule has 0 bridgehead atoms. The standard InChI is InChI=1S/C26H21BrF2N6O/c1-16-24-21(25(28)29)11-22(18-5-3-2-4-6-18)32-26(24)35(33-16)15-23(36)31-20-9-7-17(8-10-20)13-34-14-19(27)12-30-34/h2-12,14,25H,13,15H2,1H3,(H,31,36). The predicted octanol–water partition coefficient (Wildman–Crippen LogP) is 5.99. The summed E-state index contributed by atoms with van der Waals surface area (Å²) >= 11 is 3.37. The number of fused-ring (bicyclic) bond motifs is 1. The van der Waals surface area contributed by atoms with E-state index in [9.17, 15) is 13.6 Å². The number of hydrogen-bond donors (Lipinski definition) is 1. The Kier molecular flexibility index (Phi) is 6.60. The number of aryl methyl sites for hydroxylation is 1. The fourth-order valence-corrected chi connectivity index (χ4v) is 4.40. The topological polar surface area (TPSA) is 77.6 Å². The van der Waals surface area contributed by atoms with Crippen molar-refractivity contribution in [1.82, 2.24) is 24.5 Å². The maximum absolute atomic E-state index is 14.0. The van der Waals surface area contributed by atoms with Gasteiger partial charge in [-0.3, -0.25) is 9.48 Å². The minimum Gasteiger partial charge on any atom is -0.324 e. The molecule has 5 aromatic rings. The van der Waals surface area contributed by atoms with E-state index in [2.05, 4.69) is 36.4 Å². The Morgan fingerprint density at radius 3 is 2.53 bits per heavy atom. The number of halogens is 3. The van der Waals surface area contributed by atoms with Gasteiger partial charge in [-0.2, -0.15) is 10.2 Å². The van der Waals surface area contributed by atoms with Crippen molar-refractivity contribution < 1.29 is 13.6 Å². The fraction of sp³-hybridized carbons (Fsp3) is 0.154. The summed E-state index contributed by atoms with van der Waals surface area (Å²) in [6.45, 7) is 2.07. The SMILES string of the molecule is Cc1nn(CC(=O)Nc2ccc(Cn3cc(Br)cn3)cc2)c2nc(-c3ccccc3)cc(C(F)F)c12. The van der Waals surface area contributed by atoms with Crippen molar-refractivity contribution in [2.24, 2.45) is 0 Å². The van der Waals surface area contributed by atoms with Crippen LogP contribution in [-0.2, 0) is 17.9 Å². The van der Waals surface area contributed by atoms with E-state index < -0.39 is 6.43 Å². The van der Waals surface area contributed by atoms with Crippen molar-refractivity contribution in [3.8, 4) is 11.3 Å². The Bertz CT molecular complexity index is 1530. The molecular weight excluding hydrogens is 530 g/mol. The first-order valence-corrected chi connectivity index (χ1v) is 11.9. The van der Waals surface area contributed by atoms with Crippen LogP contribution >= 0.6 is 15.9 Å². The van der Waals surface area contributed by atoms with Crippen LogP contribution in [0.25, 0.3) is 22.3 Å². The van der Waals surface area contributed by atoms with Gasteiger partial charge in [-0.15, -0.1) is 0 Å². The van der Waals surface area contributed by atoms with E-state index in [-0.39, 0.29) is 29.0 Å². The van der Waals surface area contributed by atoms with Crippen LogP contribution in [0.3, 0.4) is 0 Å². The third-order valence-corrected chi connectivity index (χ3v) is 6.10. The maximum atomic E-state index is 14.0. The molecule has 0 aliphatic rings. The molecule has 0 fully saturated rings. The second kappa shape index (κ2) is 9.98. The molecule has 0 atom stereocenters. The number of anilines is 1. The van der Waals surface area contributed by atoms with Crippen molar-refractivity contribution in [2.45, 2.75) is 26.4 Å². The zero-order valence-electron chi connectivity index (χ0n) is 19.2. The van der Waals surface area contributed by atoms with Crippen molar-refractivity contribution in [2.75, 3.05) is 5.32 Å². The number of carbonyl (C=O) groups is 1. The lowest BCUT2D eigenvalue weighted by Crippen LogP contribution is -2.20. The Morgan fingerprint density at radius 2 is 1.86 bits per heavy atom. The molecule has 0 spiro atoms. The molecule has 0 aliphatic heterocycles. The molecular formula is C26H21BrF2N6O. The summed E-state index contributed by atoms with van der Waals surface area (Å²) in [5, 5.41) is 11.7. The molecule has 5 rings (SSSR count). The highest BCUT2D eigenvalue weighted by atomic mass is 79.9. The third-order valence-electron chi connectivity index (χ3n) is 5.69. The number of pyridine rings is 1. The quantitative estimate of drug-likeness (QED) is 0.270. The van der Waals surface area contributed by atoms with Gasteiger partial charge in [-0.1, -0.05) is 42.5 Å². The molecule has 0 saturated heterocycles. The molecule has 1 amide bonds. The van der Waals surface area contributed by atoms with Gasteiger partial charge in [0.1, 0.15) is 6.54 Å². The largest absolute Gasteiger partial charge is 0.324 e. The highest BCUT2D eigenvalue weighted by molar-refractivity contribution is 9.10. The van der Waals surface area contributed by atoms with Gasteiger partial charge in [0.2, 0.25) is 5.91 Å². The van der Waals surface area contributed by atoms with E-state index in [1.54, 1.807) is 42.1 Å². The number of nitrogens with one attached hydrogen (secondary N) is 1. The van der Waals surface area contributed by atoms with Gasteiger partial charge in [-0.05, 0) is 46.6 Å². The van der Waals surface area contributed by atoms with Crippen molar-refractivity contribution in [1.29, 1.82) is 0 Å². The molecule has 0 aliphatic carbocycles. The van der Waals surface area contributed by atoms with Gasteiger partial charge in [0.15, 0.2) is 5.65 Å². The minimum atomic E-state index is -2.70. The molecule has 3 aromatic heterocycles. The monoisotopic (exact) mass is 550 g/mol. The maximum Gasteiger partial charge on any atom is 0.264 e. The van der Waals surface area contributed by atoms with Crippen molar-refractivity contribution in [3.05, 3.63) is 94.4 Å². The van der Waals surface area contributed by atoms with Gasteiger partial charge >= 0.3 is 0 Å². The highest BCUT2D eigenvalue weighted by Crippen LogP contribution is 2.33. The summed E-state index contributed by atoms with van der Waals surface area (Å²) in [5.74, 6) is -0.339. The summed E-state index contributed by atoms with van der Waals surface area (Å²) in [7, 11) is 0. The lowest BCUT2D eigenvalue weighted by molar-refractivity contribution is -0.116. The summed E-state index contributed by atoms with van der Waals surface area (Å²) in [6.07, 6.45) is 0.893. The Hall–Kier alpha value is -3.92. The second-order valence-corrected chi connectivity index (χ2v) is 9.22. The second-order valence-electron chi connectivity index (χ2n) is 8.31. The van der Waals surface area contributed by atoms with E-state index >= 15 is 0 Å². The van der Waals surface area contributed by atoms with Crippen molar-refractivity contribution in [3.63, 3.8) is 0 Å². The van der Waals surface area contributed by atoms with E-state index in [1.165, 1.54) is 10.7 Å². The fourth-order valence-electron chi connectivity index (χ4n) is 4.07. The number of nitrogens with zero attached hydrogens (tertiary/aromatic N) is 5. The molecule has 36 heavy (non-hydrogen) atoms. The molecule has 7 nitrogen and oxygen atoms in total. The average Bonchev–Trinajstić information content (AvgIpc) is 3.42. The van der Waals surface area contributed by atoms with Gasteiger partial charge in [0.05, 0.1) is 34.0 Å². The van der Waals surface area contributed by atoms with Crippen LogP contribution < -0.4 is 5.32 Å². The minimum absolute atomic E-state index is 0.150. The Labute approximate surface area is 213 Å². The first-order chi connectivity index (χ1) is 17.4. The number of benzene rings is 2. The van der Waals surface area contributed by atoms with Crippen LogP contribution in [-0.4, -0.2) is 30.5 Å². The van der Waals surface area contributed by atoms with Crippen LogP contribution in [0.4, 0.5) is 14.5 Å². The molecule has 0 radical (unpaired) electrons. The zero-order valence-corrected chi connectivity index (χ0v) is 20.8. The highest BCUT2D eigenvalue weighted by Gasteiger charge is 2.22. The number of alkyl halides is 2. The van der Waals surface area contributed by atoms with Gasteiger partial charge in [-0.25, -0.2) is 18.4 Å². The smallest absolute Gasteiger partial charge is 0.264 e. The number of carbonyl (C=O) groups excluding carboxylic acids is 1. The first kappa shape index (κ1) is 23.8. The van der Waals surface area contributed by atoms with Crippen LogP contribution in [0.2, 0.25) is 0 Å². The normalized spacial score (nSPS) is 11.4. The first-order valence-electron chi connectivity index (χ1n) is 11.2. The zero-order chi connectivity index (χ0) is 25.2. The van der Waals surface area contributed by atoms with Crippen LogP contribution in [0.15, 0.2) is 77.5 Å². The van der Waals surface area contributed by atoms with Crippen LogP contribution in [0.1, 0.15) is 23.2 Å². The number of aromatic nitrogens is 5. The predicted molar refractivity (Wildman–Crippen MR) is 137 cm³/mol. The van der Waals surface area contributed by atoms with Gasteiger partial charge in [0.25, 0.3) is 6.43 Å². The van der Waals surface area contributed by atoms with Gasteiger partial charge < -0.3 is 5.32 Å². The Balaban J connectivity index is 1.38. The lowest BCUT2D eigenvalue weighted by Gasteiger charge is -2.10. The number of amides is 1. The van der Waals surface area contributed by atoms with Crippen LogP contribution in [0.5, 0.6) is 0 Å². The lowest BCUT2D eigenvalue weighted by atomic mass is 10.1. The summed E-state index contributed by atoms with van der Waals surface area (Å²) in [5.41, 5.74) is 3.25.